The van der Waals surface area contributed by atoms with Crippen LogP contribution in [0.25, 0.3) is 0 Å². The van der Waals surface area contributed by atoms with Crippen LogP contribution in [0.3, 0.4) is 0 Å². The lowest BCUT2D eigenvalue weighted by Gasteiger charge is -2.25. The molecule has 1 heterocycles. The van der Waals surface area contributed by atoms with Gasteiger partial charge in [0.25, 0.3) is 0 Å². The minimum absolute atomic E-state index is 0.0197. The molecule has 0 bridgehead atoms. The summed E-state index contributed by atoms with van der Waals surface area (Å²) in [5, 5.41) is 3.68. The molecule has 2 atom stereocenters. The van der Waals surface area contributed by atoms with Crippen molar-refractivity contribution in [2.45, 2.75) is 19.4 Å². The van der Waals surface area contributed by atoms with Gasteiger partial charge in [0.2, 0.25) is 11.8 Å². The second-order valence-corrected chi connectivity index (χ2v) is 6.99. The molecule has 2 aromatic carbocycles. The highest BCUT2D eigenvalue weighted by Gasteiger charge is 2.37. The maximum Gasteiger partial charge on any atom is 0.229 e. The van der Waals surface area contributed by atoms with Crippen molar-refractivity contribution in [1.29, 1.82) is 0 Å². The van der Waals surface area contributed by atoms with Crippen molar-refractivity contribution in [2.24, 2.45) is 5.92 Å². The molecule has 0 unspecified atom stereocenters. The minimum atomic E-state index is -0.409. The van der Waals surface area contributed by atoms with E-state index >= 15 is 0 Å². The van der Waals surface area contributed by atoms with Gasteiger partial charge in [-0.05, 0) is 30.7 Å². The average molecular weight is 377 g/mol. The Morgan fingerprint density at radius 3 is 2.64 bits per heavy atom. The Labute approximate surface area is 156 Å². The summed E-state index contributed by atoms with van der Waals surface area (Å²) in [6.45, 7) is 2.36. The number of likely N-dealkylation sites (tertiary alicyclic amines) is 1. The van der Waals surface area contributed by atoms with Crippen LogP contribution in [0, 0.1) is 5.92 Å². The molecular weight excluding hydrogens is 359 g/mol. The molecule has 130 valence electrons. The molecule has 0 spiro atoms. The van der Waals surface area contributed by atoms with E-state index in [4.69, 9.17) is 23.2 Å². The summed E-state index contributed by atoms with van der Waals surface area (Å²) in [6.07, 6.45) is 0.196. The van der Waals surface area contributed by atoms with Gasteiger partial charge in [0.05, 0.1) is 22.7 Å². The normalized spacial score (nSPS) is 18.3. The van der Waals surface area contributed by atoms with Crippen LogP contribution in [0.1, 0.15) is 24.9 Å². The van der Waals surface area contributed by atoms with E-state index in [1.165, 1.54) is 0 Å². The highest BCUT2D eigenvalue weighted by atomic mass is 35.5. The van der Waals surface area contributed by atoms with Crippen LogP contribution < -0.4 is 5.32 Å². The third-order valence-corrected chi connectivity index (χ3v) is 5.03. The van der Waals surface area contributed by atoms with Crippen LogP contribution in [-0.2, 0) is 9.59 Å². The fourth-order valence-electron chi connectivity index (χ4n) is 3.02. The molecule has 25 heavy (non-hydrogen) atoms. The van der Waals surface area contributed by atoms with Crippen molar-refractivity contribution in [3.63, 3.8) is 0 Å². The van der Waals surface area contributed by atoms with Crippen molar-refractivity contribution in [3.05, 3.63) is 64.1 Å². The lowest BCUT2D eigenvalue weighted by Crippen LogP contribution is -2.30. The number of amides is 2. The molecule has 0 aromatic heterocycles. The summed E-state index contributed by atoms with van der Waals surface area (Å²) in [5.41, 5.74) is 1.51. The summed E-state index contributed by atoms with van der Waals surface area (Å²) in [7, 11) is 0. The van der Waals surface area contributed by atoms with Crippen molar-refractivity contribution in [1.82, 2.24) is 4.90 Å². The highest BCUT2D eigenvalue weighted by Crippen LogP contribution is 2.30. The molecule has 2 amide bonds. The molecule has 0 radical (unpaired) electrons. The number of anilines is 1. The Morgan fingerprint density at radius 1 is 1.20 bits per heavy atom. The molecule has 6 heteroatoms. The van der Waals surface area contributed by atoms with Gasteiger partial charge in [0.1, 0.15) is 0 Å². The van der Waals surface area contributed by atoms with Crippen molar-refractivity contribution < 1.29 is 9.59 Å². The van der Waals surface area contributed by atoms with Crippen LogP contribution in [0.4, 0.5) is 5.69 Å². The summed E-state index contributed by atoms with van der Waals surface area (Å²) in [5.74, 6) is -0.650. The lowest BCUT2D eigenvalue weighted by molar-refractivity contribution is -0.129. The molecule has 1 aliphatic rings. The second kappa shape index (κ2) is 7.46. The first kappa shape index (κ1) is 17.8. The summed E-state index contributed by atoms with van der Waals surface area (Å²) in [6, 6.07) is 14.6. The number of hydrogen-bond donors (Lipinski definition) is 1. The van der Waals surface area contributed by atoms with Crippen molar-refractivity contribution in [2.75, 3.05) is 11.9 Å². The lowest BCUT2D eigenvalue weighted by atomic mass is 10.1. The predicted octanol–water partition coefficient (Wildman–Crippen LogP) is 4.54. The highest BCUT2D eigenvalue weighted by molar-refractivity contribution is 6.35. The van der Waals surface area contributed by atoms with E-state index in [2.05, 4.69) is 5.32 Å². The standard InChI is InChI=1S/C19H18Cl2N2O2/c1-12(13-5-3-2-4-6-13)23-11-14(9-18(23)24)19(25)22-17-10-15(20)7-8-16(17)21/h2-8,10,12,14H,9,11H2,1H3,(H,22,25)/t12-,14+/m0/s1. The van der Waals surface area contributed by atoms with Gasteiger partial charge in [-0.25, -0.2) is 0 Å². The Hall–Kier alpha value is -2.04. The molecule has 3 rings (SSSR count). The molecule has 2 aromatic rings. The fraction of sp³-hybridized carbons (Fsp3) is 0.263. The Balaban J connectivity index is 1.69. The molecule has 4 nitrogen and oxygen atoms in total. The van der Waals surface area contributed by atoms with E-state index in [1.807, 2.05) is 37.3 Å². The molecule has 1 N–H and O–H groups in total. The molecule has 1 aliphatic heterocycles. The summed E-state index contributed by atoms with van der Waals surface area (Å²) < 4.78 is 0. The first-order valence-corrected chi connectivity index (χ1v) is 8.81. The van der Waals surface area contributed by atoms with E-state index in [1.54, 1.807) is 23.1 Å². The SMILES string of the molecule is C[C@@H](c1ccccc1)N1C[C@H](C(=O)Nc2cc(Cl)ccc2Cl)CC1=O. The number of carbonyl (C=O) groups excluding carboxylic acids is 2. The van der Waals surface area contributed by atoms with Gasteiger partial charge in [-0.15, -0.1) is 0 Å². The maximum absolute atomic E-state index is 12.5. The van der Waals surface area contributed by atoms with E-state index in [-0.39, 0.29) is 24.3 Å². The van der Waals surface area contributed by atoms with Gasteiger partial charge < -0.3 is 10.2 Å². The monoisotopic (exact) mass is 376 g/mol. The quantitative estimate of drug-likeness (QED) is 0.851. The third-order valence-electron chi connectivity index (χ3n) is 4.47. The van der Waals surface area contributed by atoms with Crippen LogP contribution in [0.5, 0.6) is 0 Å². The Bertz CT molecular complexity index is 795. The summed E-state index contributed by atoms with van der Waals surface area (Å²) >= 11 is 12.0. The maximum atomic E-state index is 12.5. The van der Waals surface area contributed by atoms with Crippen LogP contribution in [-0.4, -0.2) is 23.3 Å². The average Bonchev–Trinajstić information content (AvgIpc) is 3.00. The molecule has 0 aliphatic carbocycles. The number of carbonyl (C=O) groups is 2. The van der Waals surface area contributed by atoms with E-state index in [9.17, 15) is 9.59 Å². The Morgan fingerprint density at radius 2 is 1.92 bits per heavy atom. The van der Waals surface area contributed by atoms with Gasteiger partial charge >= 0.3 is 0 Å². The van der Waals surface area contributed by atoms with Crippen LogP contribution >= 0.6 is 23.2 Å². The van der Waals surface area contributed by atoms with Gasteiger partial charge in [0.15, 0.2) is 0 Å². The van der Waals surface area contributed by atoms with E-state index < -0.39 is 5.92 Å². The fourth-order valence-corrected chi connectivity index (χ4v) is 3.36. The molecule has 1 fully saturated rings. The first-order chi connectivity index (χ1) is 12.0. The number of nitrogens with one attached hydrogen (secondary N) is 1. The molecule has 1 saturated heterocycles. The van der Waals surface area contributed by atoms with Crippen LogP contribution in [0.2, 0.25) is 10.0 Å². The topological polar surface area (TPSA) is 49.4 Å². The third kappa shape index (κ3) is 3.97. The number of halogens is 2. The molecule has 0 saturated carbocycles. The van der Waals surface area contributed by atoms with Gasteiger partial charge in [0, 0.05) is 18.0 Å². The van der Waals surface area contributed by atoms with Crippen LogP contribution in [0.15, 0.2) is 48.5 Å². The first-order valence-electron chi connectivity index (χ1n) is 8.06. The van der Waals surface area contributed by atoms with Crippen molar-refractivity contribution in [3.8, 4) is 0 Å². The minimum Gasteiger partial charge on any atom is -0.335 e. The second-order valence-electron chi connectivity index (χ2n) is 6.15. The smallest absolute Gasteiger partial charge is 0.229 e. The van der Waals surface area contributed by atoms with Gasteiger partial charge in [-0.1, -0.05) is 53.5 Å². The zero-order valence-electron chi connectivity index (χ0n) is 13.7. The van der Waals surface area contributed by atoms with Gasteiger partial charge in [-0.2, -0.15) is 0 Å². The summed E-state index contributed by atoms with van der Waals surface area (Å²) in [4.78, 5) is 26.7. The zero-order valence-corrected chi connectivity index (χ0v) is 15.2. The number of rotatable bonds is 4. The number of nitrogens with zero attached hydrogens (tertiary/aromatic N) is 1. The number of benzene rings is 2. The molecular formula is C19H18Cl2N2O2. The predicted molar refractivity (Wildman–Crippen MR) is 99.8 cm³/mol. The largest absolute Gasteiger partial charge is 0.335 e. The van der Waals surface area contributed by atoms with Gasteiger partial charge in [-0.3, -0.25) is 9.59 Å². The van der Waals surface area contributed by atoms with E-state index in [0.29, 0.717) is 22.3 Å². The zero-order chi connectivity index (χ0) is 18.0. The van der Waals surface area contributed by atoms with Crippen molar-refractivity contribution >= 4 is 40.7 Å². The van der Waals surface area contributed by atoms with E-state index in [0.717, 1.165) is 5.56 Å². The number of hydrogen-bond acceptors (Lipinski definition) is 2. The Kier molecular flexibility index (Phi) is 5.30.